The molecule has 3 rings (SSSR count). The van der Waals surface area contributed by atoms with E-state index < -0.39 is 0 Å². The highest BCUT2D eigenvalue weighted by atomic mass is 14.8. The highest BCUT2D eigenvalue weighted by Crippen LogP contribution is 2.31. The van der Waals surface area contributed by atoms with Crippen LogP contribution in [0.5, 0.6) is 0 Å². The molecule has 1 heteroatoms. The molecular weight excluding hydrogens is 230 g/mol. The van der Waals surface area contributed by atoms with Crippen LogP contribution < -0.4 is 0 Å². The van der Waals surface area contributed by atoms with E-state index in [-0.39, 0.29) is 0 Å². The summed E-state index contributed by atoms with van der Waals surface area (Å²) < 4.78 is 0. The van der Waals surface area contributed by atoms with Crippen LogP contribution in [0.1, 0.15) is 24.5 Å². The first-order valence-corrected chi connectivity index (χ1v) is 6.71. The van der Waals surface area contributed by atoms with Crippen LogP contribution in [0.2, 0.25) is 0 Å². The number of hydrogen-bond donors (Lipinski definition) is 0. The van der Waals surface area contributed by atoms with Crippen molar-refractivity contribution in [1.29, 1.82) is 0 Å². The minimum atomic E-state index is 0.921. The summed E-state index contributed by atoms with van der Waals surface area (Å²) in [7, 11) is 0. The van der Waals surface area contributed by atoms with Gasteiger partial charge in [0.2, 0.25) is 0 Å². The van der Waals surface area contributed by atoms with Crippen molar-refractivity contribution in [3.8, 4) is 0 Å². The fourth-order valence-corrected chi connectivity index (χ4v) is 2.64. The van der Waals surface area contributed by atoms with Crippen LogP contribution >= 0.6 is 0 Å². The number of aliphatic imine (C=N–C) groups is 1. The molecule has 1 aliphatic rings. The SMILES string of the molecule is CC1=NCCC1=C(c1ccccc1)c1ccccc1. The Morgan fingerprint density at radius 3 is 1.79 bits per heavy atom. The zero-order valence-corrected chi connectivity index (χ0v) is 11.1. The topological polar surface area (TPSA) is 12.4 Å². The lowest BCUT2D eigenvalue weighted by Crippen LogP contribution is -1.99. The van der Waals surface area contributed by atoms with Crippen molar-refractivity contribution in [2.75, 3.05) is 6.54 Å². The summed E-state index contributed by atoms with van der Waals surface area (Å²) in [5.74, 6) is 0. The van der Waals surface area contributed by atoms with Crippen molar-refractivity contribution < 1.29 is 0 Å². The molecular formula is C18H17N. The monoisotopic (exact) mass is 247 g/mol. The van der Waals surface area contributed by atoms with Crippen LogP contribution in [0.4, 0.5) is 0 Å². The van der Waals surface area contributed by atoms with Gasteiger partial charge in [-0.1, -0.05) is 60.7 Å². The Morgan fingerprint density at radius 2 is 1.37 bits per heavy atom. The summed E-state index contributed by atoms with van der Waals surface area (Å²) in [5, 5.41) is 0. The van der Waals surface area contributed by atoms with Crippen LogP contribution in [-0.4, -0.2) is 12.3 Å². The van der Waals surface area contributed by atoms with Gasteiger partial charge in [-0.3, -0.25) is 4.99 Å². The van der Waals surface area contributed by atoms with Gasteiger partial charge in [-0.15, -0.1) is 0 Å². The fourth-order valence-electron chi connectivity index (χ4n) is 2.64. The Kier molecular flexibility index (Phi) is 3.28. The molecule has 0 radical (unpaired) electrons. The summed E-state index contributed by atoms with van der Waals surface area (Å²) in [6.07, 6.45) is 1.05. The van der Waals surface area contributed by atoms with Crippen LogP contribution in [0.25, 0.3) is 5.57 Å². The van der Waals surface area contributed by atoms with E-state index in [9.17, 15) is 0 Å². The Morgan fingerprint density at radius 1 is 0.842 bits per heavy atom. The first kappa shape index (κ1) is 11.9. The first-order chi connectivity index (χ1) is 9.36. The Hall–Kier alpha value is -2.15. The van der Waals surface area contributed by atoms with E-state index in [0.29, 0.717) is 0 Å². The lowest BCUT2D eigenvalue weighted by molar-refractivity contribution is 1.04. The van der Waals surface area contributed by atoms with Crippen molar-refractivity contribution in [2.45, 2.75) is 13.3 Å². The van der Waals surface area contributed by atoms with Crippen LogP contribution in [0, 0.1) is 0 Å². The molecule has 0 N–H and O–H groups in total. The molecule has 0 fully saturated rings. The average molecular weight is 247 g/mol. The van der Waals surface area contributed by atoms with Crippen LogP contribution in [-0.2, 0) is 0 Å². The van der Waals surface area contributed by atoms with E-state index in [1.807, 2.05) is 0 Å². The average Bonchev–Trinajstić information content (AvgIpc) is 2.88. The van der Waals surface area contributed by atoms with E-state index in [2.05, 4.69) is 72.6 Å². The Balaban J connectivity index is 2.21. The molecule has 0 amide bonds. The molecule has 0 bridgehead atoms. The molecule has 1 aliphatic heterocycles. The zero-order chi connectivity index (χ0) is 13.1. The van der Waals surface area contributed by atoms with E-state index in [1.54, 1.807) is 0 Å². The highest BCUT2D eigenvalue weighted by molar-refractivity contribution is 6.08. The molecule has 1 heterocycles. The van der Waals surface area contributed by atoms with Crippen molar-refractivity contribution in [1.82, 2.24) is 0 Å². The van der Waals surface area contributed by atoms with Gasteiger partial charge in [-0.05, 0) is 35.6 Å². The molecule has 94 valence electrons. The van der Waals surface area contributed by atoms with E-state index in [1.165, 1.54) is 28.0 Å². The van der Waals surface area contributed by atoms with E-state index in [0.717, 1.165) is 13.0 Å². The smallest absolute Gasteiger partial charge is 0.0433 e. The third kappa shape index (κ3) is 2.37. The molecule has 0 aromatic heterocycles. The first-order valence-electron chi connectivity index (χ1n) is 6.71. The second-order valence-electron chi connectivity index (χ2n) is 4.80. The molecule has 19 heavy (non-hydrogen) atoms. The second-order valence-corrected chi connectivity index (χ2v) is 4.80. The largest absolute Gasteiger partial charge is 0.289 e. The van der Waals surface area contributed by atoms with Crippen LogP contribution in [0.3, 0.4) is 0 Å². The maximum atomic E-state index is 4.55. The minimum Gasteiger partial charge on any atom is -0.289 e. The van der Waals surface area contributed by atoms with Gasteiger partial charge in [0.1, 0.15) is 0 Å². The van der Waals surface area contributed by atoms with Crippen molar-refractivity contribution in [2.24, 2.45) is 4.99 Å². The number of hydrogen-bond acceptors (Lipinski definition) is 1. The summed E-state index contributed by atoms with van der Waals surface area (Å²) >= 11 is 0. The standard InChI is InChI=1S/C18H17N/c1-14-17(12-13-19-14)18(15-8-4-2-5-9-15)16-10-6-3-7-11-16/h2-11H,12-13H2,1H3. The summed E-state index contributed by atoms with van der Waals surface area (Å²) in [4.78, 5) is 4.55. The fraction of sp³-hybridized carbons (Fsp3) is 0.167. The number of benzene rings is 2. The predicted molar refractivity (Wildman–Crippen MR) is 81.5 cm³/mol. The van der Waals surface area contributed by atoms with Gasteiger partial charge in [0.15, 0.2) is 0 Å². The van der Waals surface area contributed by atoms with Crippen molar-refractivity contribution in [3.63, 3.8) is 0 Å². The summed E-state index contributed by atoms with van der Waals surface area (Å²) in [5.41, 5.74) is 6.46. The van der Waals surface area contributed by atoms with Crippen molar-refractivity contribution in [3.05, 3.63) is 77.4 Å². The zero-order valence-electron chi connectivity index (χ0n) is 11.1. The quantitative estimate of drug-likeness (QED) is 0.748. The van der Waals surface area contributed by atoms with E-state index in [4.69, 9.17) is 0 Å². The maximum Gasteiger partial charge on any atom is 0.0433 e. The molecule has 1 nitrogen and oxygen atoms in total. The highest BCUT2D eigenvalue weighted by Gasteiger charge is 2.17. The molecule has 0 aliphatic carbocycles. The van der Waals surface area contributed by atoms with Gasteiger partial charge in [-0.2, -0.15) is 0 Å². The van der Waals surface area contributed by atoms with Gasteiger partial charge in [0, 0.05) is 12.3 Å². The second kappa shape index (κ2) is 5.23. The lowest BCUT2D eigenvalue weighted by Gasteiger charge is -2.13. The maximum absolute atomic E-state index is 4.55. The molecule has 0 unspecified atom stereocenters. The van der Waals surface area contributed by atoms with Crippen molar-refractivity contribution >= 4 is 11.3 Å². The molecule has 0 saturated carbocycles. The minimum absolute atomic E-state index is 0.921. The third-order valence-corrected chi connectivity index (χ3v) is 3.57. The number of rotatable bonds is 2. The molecule has 0 saturated heterocycles. The number of nitrogens with zero attached hydrogens (tertiary/aromatic N) is 1. The van der Waals surface area contributed by atoms with E-state index >= 15 is 0 Å². The summed E-state index contributed by atoms with van der Waals surface area (Å²) in [6.45, 7) is 3.04. The van der Waals surface area contributed by atoms with Gasteiger partial charge in [0.05, 0.1) is 0 Å². The van der Waals surface area contributed by atoms with Gasteiger partial charge >= 0.3 is 0 Å². The molecule has 0 spiro atoms. The molecule has 2 aromatic carbocycles. The molecule has 0 atom stereocenters. The van der Waals surface area contributed by atoms with Gasteiger partial charge in [0.25, 0.3) is 0 Å². The Labute approximate surface area is 114 Å². The lowest BCUT2D eigenvalue weighted by atomic mass is 9.91. The van der Waals surface area contributed by atoms with Crippen LogP contribution in [0.15, 0.2) is 71.2 Å². The third-order valence-electron chi connectivity index (χ3n) is 3.57. The normalized spacial score (nSPS) is 14.4. The van der Waals surface area contributed by atoms with Gasteiger partial charge < -0.3 is 0 Å². The Bertz CT molecular complexity index is 580. The summed E-state index contributed by atoms with van der Waals surface area (Å²) in [6, 6.07) is 21.2. The van der Waals surface area contributed by atoms with Gasteiger partial charge in [-0.25, -0.2) is 0 Å². The predicted octanol–water partition coefficient (Wildman–Crippen LogP) is 4.35. The molecule has 2 aromatic rings.